The van der Waals surface area contributed by atoms with Crippen molar-refractivity contribution in [1.82, 2.24) is 4.31 Å². The van der Waals surface area contributed by atoms with Gasteiger partial charge in [-0.05, 0) is 59.1 Å². The van der Waals surface area contributed by atoms with E-state index in [4.69, 9.17) is 0 Å². The minimum Gasteiger partial charge on any atom is -0.325 e. The molecule has 2 aromatic rings. The molecule has 0 aliphatic carbocycles. The summed E-state index contributed by atoms with van der Waals surface area (Å²) in [6.45, 7) is 0.583. The summed E-state index contributed by atoms with van der Waals surface area (Å²) in [5.41, 5.74) is 0.496. The van der Waals surface area contributed by atoms with Gasteiger partial charge in [0.05, 0.1) is 10.6 Å². The van der Waals surface area contributed by atoms with Crippen LogP contribution >= 0.6 is 15.9 Å². The van der Waals surface area contributed by atoms with Crippen molar-refractivity contribution in [2.45, 2.75) is 17.7 Å². The van der Waals surface area contributed by atoms with Crippen molar-refractivity contribution >= 4 is 37.5 Å². The summed E-state index contributed by atoms with van der Waals surface area (Å²) in [6.07, 6.45) is 0.882. The number of piperidine rings is 1. The number of anilines is 1. The van der Waals surface area contributed by atoms with E-state index in [9.17, 15) is 17.6 Å². The first-order valence-electron chi connectivity index (χ1n) is 8.19. The molecule has 0 aromatic heterocycles. The van der Waals surface area contributed by atoms with E-state index in [2.05, 4.69) is 21.2 Å². The fraction of sp³-hybridized carbons (Fsp3) is 0.278. The third-order valence-electron chi connectivity index (χ3n) is 4.39. The Kier molecular flexibility index (Phi) is 5.74. The van der Waals surface area contributed by atoms with Crippen LogP contribution in [0.25, 0.3) is 0 Å². The van der Waals surface area contributed by atoms with E-state index in [1.807, 2.05) is 0 Å². The highest BCUT2D eigenvalue weighted by atomic mass is 79.9. The van der Waals surface area contributed by atoms with E-state index < -0.39 is 15.8 Å². The van der Waals surface area contributed by atoms with Gasteiger partial charge in [0.1, 0.15) is 5.82 Å². The Morgan fingerprint density at radius 3 is 2.38 bits per heavy atom. The number of halogens is 2. The molecule has 0 radical (unpaired) electrons. The van der Waals surface area contributed by atoms with Gasteiger partial charge in [0.25, 0.3) is 0 Å². The van der Waals surface area contributed by atoms with Crippen molar-refractivity contribution < 1.29 is 17.6 Å². The average molecular weight is 441 g/mol. The summed E-state index contributed by atoms with van der Waals surface area (Å²) in [5, 5.41) is 2.77. The second-order valence-corrected chi connectivity index (χ2v) is 8.90. The molecule has 1 amide bonds. The second kappa shape index (κ2) is 7.85. The van der Waals surface area contributed by atoms with Gasteiger partial charge < -0.3 is 5.32 Å². The lowest BCUT2D eigenvalue weighted by Gasteiger charge is -2.30. The Morgan fingerprint density at radius 2 is 1.77 bits per heavy atom. The molecule has 2 aromatic carbocycles. The number of sulfonamides is 1. The lowest BCUT2D eigenvalue weighted by molar-refractivity contribution is -0.120. The second-order valence-electron chi connectivity index (χ2n) is 6.10. The molecule has 1 saturated heterocycles. The molecular weight excluding hydrogens is 423 g/mol. The fourth-order valence-corrected chi connectivity index (χ4v) is 4.87. The zero-order valence-corrected chi connectivity index (χ0v) is 16.3. The number of carbonyl (C=O) groups is 1. The standard InChI is InChI=1S/C18H18BrFN2O3S/c19-16-12-14(20)6-7-17(16)21-18(23)13-8-10-22(11-9-13)26(24,25)15-4-2-1-3-5-15/h1-7,12-13H,8-11H2,(H,21,23). The van der Waals surface area contributed by atoms with Crippen LogP contribution in [0.1, 0.15) is 12.8 Å². The number of amides is 1. The minimum absolute atomic E-state index is 0.186. The third-order valence-corrected chi connectivity index (χ3v) is 6.96. The molecule has 0 unspecified atom stereocenters. The third kappa shape index (κ3) is 4.13. The molecule has 1 aliphatic heterocycles. The quantitative estimate of drug-likeness (QED) is 0.788. The molecule has 1 heterocycles. The van der Waals surface area contributed by atoms with Crippen LogP contribution in [0.15, 0.2) is 57.9 Å². The van der Waals surface area contributed by atoms with Gasteiger partial charge in [-0.1, -0.05) is 18.2 Å². The molecule has 3 rings (SSSR count). The first kappa shape index (κ1) is 19.0. The maximum Gasteiger partial charge on any atom is 0.243 e. The molecule has 0 bridgehead atoms. The lowest BCUT2D eigenvalue weighted by atomic mass is 9.97. The largest absolute Gasteiger partial charge is 0.325 e. The molecule has 8 heteroatoms. The summed E-state index contributed by atoms with van der Waals surface area (Å²) in [7, 11) is -3.53. The predicted molar refractivity (Wildman–Crippen MR) is 101 cm³/mol. The SMILES string of the molecule is O=C(Nc1ccc(F)cc1Br)C1CCN(S(=O)(=O)c2ccccc2)CC1. The van der Waals surface area contributed by atoms with Crippen LogP contribution < -0.4 is 5.32 Å². The summed E-state index contributed by atoms with van der Waals surface area (Å²) >= 11 is 3.22. The number of rotatable bonds is 4. The van der Waals surface area contributed by atoms with E-state index in [1.165, 1.54) is 22.5 Å². The molecule has 0 atom stereocenters. The van der Waals surface area contributed by atoms with Gasteiger partial charge in [-0.2, -0.15) is 4.31 Å². The number of nitrogens with one attached hydrogen (secondary N) is 1. The van der Waals surface area contributed by atoms with Gasteiger partial charge >= 0.3 is 0 Å². The molecule has 5 nitrogen and oxygen atoms in total. The topological polar surface area (TPSA) is 66.5 Å². The normalized spacial score (nSPS) is 16.4. The first-order valence-corrected chi connectivity index (χ1v) is 10.4. The highest BCUT2D eigenvalue weighted by molar-refractivity contribution is 9.10. The van der Waals surface area contributed by atoms with E-state index in [1.54, 1.807) is 30.3 Å². The van der Waals surface area contributed by atoms with Crippen molar-refractivity contribution in [2.75, 3.05) is 18.4 Å². The number of carbonyl (C=O) groups excluding carboxylic acids is 1. The van der Waals surface area contributed by atoms with Crippen molar-refractivity contribution in [3.63, 3.8) is 0 Å². The van der Waals surface area contributed by atoms with Gasteiger partial charge in [0.15, 0.2) is 0 Å². The molecule has 1 N–H and O–H groups in total. The number of hydrogen-bond acceptors (Lipinski definition) is 3. The Balaban J connectivity index is 1.62. The van der Waals surface area contributed by atoms with E-state index >= 15 is 0 Å². The highest BCUT2D eigenvalue weighted by Gasteiger charge is 2.32. The molecule has 26 heavy (non-hydrogen) atoms. The lowest BCUT2D eigenvalue weighted by Crippen LogP contribution is -2.41. The van der Waals surface area contributed by atoms with E-state index in [0.717, 1.165) is 0 Å². The Labute approximate surface area is 160 Å². The molecular formula is C18H18BrFN2O3S. The zero-order valence-electron chi connectivity index (χ0n) is 13.9. The summed E-state index contributed by atoms with van der Waals surface area (Å²) in [6, 6.07) is 12.3. The van der Waals surface area contributed by atoms with E-state index in [0.29, 0.717) is 36.1 Å². The Bertz CT molecular complexity index is 898. The molecule has 138 valence electrons. The smallest absolute Gasteiger partial charge is 0.243 e. The minimum atomic E-state index is -3.53. The Morgan fingerprint density at radius 1 is 1.12 bits per heavy atom. The van der Waals surface area contributed by atoms with Gasteiger partial charge in [-0.15, -0.1) is 0 Å². The van der Waals surface area contributed by atoms with Crippen LogP contribution in [0.4, 0.5) is 10.1 Å². The average Bonchev–Trinajstić information content (AvgIpc) is 2.65. The molecule has 1 aliphatic rings. The molecule has 0 spiro atoms. The Hall–Kier alpha value is -1.77. The van der Waals surface area contributed by atoms with Crippen LogP contribution in [-0.2, 0) is 14.8 Å². The number of benzene rings is 2. The van der Waals surface area contributed by atoms with Crippen molar-refractivity contribution in [3.05, 3.63) is 58.8 Å². The summed E-state index contributed by atoms with van der Waals surface area (Å²) < 4.78 is 40.2. The van der Waals surface area contributed by atoms with Crippen LogP contribution in [0.5, 0.6) is 0 Å². The maximum atomic E-state index is 13.1. The van der Waals surface area contributed by atoms with Gasteiger partial charge in [-0.3, -0.25) is 4.79 Å². The predicted octanol–water partition coefficient (Wildman–Crippen LogP) is 3.63. The van der Waals surface area contributed by atoms with Gasteiger partial charge in [0, 0.05) is 23.5 Å². The van der Waals surface area contributed by atoms with Gasteiger partial charge in [0.2, 0.25) is 15.9 Å². The summed E-state index contributed by atoms with van der Waals surface area (Å²) in [5.74, 6) is -0.863. The van der Waals surface area contributed by atoms with Crippen LogP contribution in [0, 0.1) is 11.7 Å². The fourth-order valence-electron chi connectivity index (χ4n) is 2.93. The number of hydrogen-bond donors (Lipinski definition) is 1. The van der Waals surface area contributed by atoms with Crippen molar-refractivity contribution in [2.24, 2.45) is 5.92 Å². The number of nitrogens with zero attached hydrogens (tertiary/aromatic N) is 1. The van der Waals surface area contributed by atoms with Crippen molar-refractivity contribution in [3.8, 4) is 0 Å². The monoisotopic (exact) mass is 440 g/mol. The molecule has 0 saturated carbocycles. The van der Waals surface area contributed by atoms with Gasteiger partial charge in [-0.25, -0.2) is 12.8 Å². The van der Waals surface area contributed by atoms with Crippen LogP contribution in [0.2, 0.25) is 0 Å². The van der Waals surface area contributed by atoms with Crippen LogP contribution in [0.3, 0.4) is 0 Å². The highest BCUT2D eigenvalue weighted by Crippen LogP contribution is 2.27. The maximum absolute atomic E-state index is 13.1. The van der Waals surface area contributed by atoms with E-state index in [-0.39, 0.29) is 16.7 Å². The van der Waals surface area contributed by atoms with Crippen LogP contribution in [-0.4, -0.2) is 31.7 Å². The first-order chi connectivity index (χ1) is 12.4. The summed E-state index contributed by atoms with van der Waals surface area (Å²) in [4.78, 5) is 12.7. The zero-order chi connectivity index (χ0) is 18.7. The molecule has 1 fully saturated rings. The van der Waals surface area contributed by atoms with Crippen molar-refractivity contribution in [1.29, 1.82) is 0 Å².